The Balaban J connectivity index is 2.97. The van der Waals surface area contributed by atoms with Gasteiger partial charge in [-0.3, -0.25) is 4.79 Å². The van der Waals surface area contributed by atoms with Crippen molar-refractivity contribution in [2.45, 2.75) is 11.2 Å². The monoisotopic (exact) mass is 282 g/mol. The molecule has 0 aliphatic heterocycles. The van der Waals surface area contributed by atoms with E-state index in [1.807, 2.05) is 6.07 Å². The molecule has 84 valence electrons. The fourth-order valence-corrected chi connectivity index (χ4v) is 1.63. The number of hydrogen-bond acceptors (Lipinski definition) is 3. The summed E-state index contributed by atoms with van der Waals surface area (Å²) in [5.41, 5.74) is 6.51. The van der Waals surface area contributed by atoms with Crippen LogP contribution in [0.1, 0.15) is 11.1 Å². The minimum atomic E-state index is -0.436. The van der Waals surface area contributed by atoms with Gasteiger partial charge in [-0.05, 0) is 24.1 Å². The maximum atomic E-state index is 10.9. The topological polar surface area (TPSA) is 76.1 Å². The summed E-state index contributed by atoms with van der Waals surface area (Å²) in [6, 6.07) is 7.09. The van der Waals surface area contributed by atoms with Crippen molar-refractivity contribution in [3.05, 3.63) is 29.3 Å². The number of rotatable bonds is 4. The number of halogens is 1. The Morgan fingerprint density at radius 3 is 2.88 bits per heavy atom. The molecule has 4 nitrogen and oxygen atoms in total. The van der Waals surface area contributed by atoms with Gasteiger partial charge in [-0.25, -0.2) is 0 Å². The molecule has 0 aromatic heterocycles. The van der Waals surface area contributed by atoms with E-state index in [-0.39, 0.29) is 0 Å². The highest BCUT2D eigenvalue weighted by molar-refractivity contribution is 9.10. The van der Waals surface area contributed by atoms with Gasteiger partial charge in [0.25, 0.3) is 0 Å². The average molecular weight is 283 g/mol. The van der Waals surface area contributed by atoms with E-state index in [0.29, 0.717) is 17.7 Å². The fourth-order valence-electron chi connectivity index (χ4n) is 1.28. The largest absolute Gasteiger partial charge is 0.496 e. The van der Waals surface area contributed by atoms with Crippen LogP contribution in [0.4, 0.5) is 0 Å². The zero-order chi connectivity index (χ0) is 12.1. The number of methoxy groups -OCH3 is 1. The van der Waals surface area contributed by atoms with Crippen molar-refractivity contribution >= 4 is 21.8 Å². The molecule has 2 N–H and O–H groups in total. The van der Waals surface area contributed by atoms with Crippen LogP contribution in [0.25, 0.3) is 0 Å². The summed E-state index contributed by atoms with van der Waals surface area (Å²) >= 11 is 3.18. The summed E-state index contributed by atoms with van der Waals surface area (Å²) in [5, 5.41) is 8.73. The van der Waals surface area contributed by atoms with E-state index in [2.05, 4.69) is 15.9 Å². The molecule has 1 atom stereocenters. The maximum absolute atomic E-state index is 10.9. The Labute approximate surface area is 102 Å². The highest BCUT2D eigenvalue weighted by Crippen LogP contribution is 2.23. The number of hydrogen-bond donors (Lipinski definition) is 1. The molecule has 0 saturated carbocycles. The second-order valence-corrected chi connectivity index (χ2v) is 4.32. The minimum Gasteiger partial charge on any atom is -0.496 e. The first kappa shape index (κ1) is 12.5. The maximum Gasteiger partial charge on any atom is 0.231 e. The lowest BCUT2D eigenvalue weighted by Gasteiger charge is -2.10. The lowest BCUT2D eigenvalue weighted by molar-refractivity contribution is -0.117. The number of nitriles is 1. The molecule has 0 aliphatic rings. The third-order valence-corrected chi connectivity index (χ3v) is 2.90. The highest BCUT2D eigenvalue weighted by Gasteiger charge is 2.14. The Morgan fingerprint density at radius 2 is 2.38 bits per heavy atom. The van der Waals surface area contributed by atoms with Gasteiger partial charge in [0.05, 0.1) is 23.6 Å². The number of nitrogens with two attached hydrogens (primary N) is 1. The van der Waals surface area contributed by atoms with Crippen molar-refractivity contribution in [3.8, 4) is 11.8 Å². The Kier molecular flexibility index (Phi) is 4.32. The van der Waals surface area contributed by atoms with Crippen molar-refractivity contribution < 1.29 is 9.53 Å². The van der Waals surface area contributed by atoms with Gasteiger partial charge >= 0.3 is 0 Å². The molecule has 1 amide bonds. The summed E-state index contributed by atoms with van der Waals surface area (Å²) in [6.45, 7) is 0. The SMILES string of the molecule is COc1cc(C#N)ccc1CC(Br)C(N)=O. The summed E-state index contributed by atoms with van der Waals surface area (Å²) in [7, 11) is 1.52. The lowest BCUT2D eigenvalue weighted by atomic mass is 10.1. The normalized spacial score (nSPS) is 11.6. The second kappa shape index (κ2) is 5.52. The van der Waals surface area contributed by atoms with Crippen LogP contribution in [0, 0.1) is 11.3 Å². The molecule has 16 heavy (non-hydrogen) atoms. The van der Waals surface area contributed by atoms with Crippen LogP contribution in [0.5, 0.6) is 5.75 Å². The molecule has 0 spiro atoms. The molecule has 0 aliphatic carbocycles. The van der Waals surface area contributed by atoms with Gasteiger partial charge in [0.1, 0.15) is 5.75 Å². The van der Waals surface area contributed by atoms with Crippen LogP contribution in [0.3, 0.4) is 0 Å². The fraction of sp³-hybridized carbons (Fsp3) is 0.273. The molecular formula is C11H11BrN2O2. The molecule has 1 aromatic rings. The van der Waals surface area contributed by atoms with Crippen molar-refractivity contribution in [1.29, 1.82) is 5.26 Å². The van der Waals surface area contributed by atoms with Gasteiger partial charge in [0.2, 0.25) is 5.91 Å². The molecule has 5 heteroatoms. The molecular weight excluding hydrogens is 272 g/mol. The van der Waals surface area contributed by atoms with E-state index in [4.69, 9.17) is 15.7 Å². The van der Waals surface area contributed by atoms with Crippen molar-refractivity contribution in [2.24, 2.45) is 5.73 Å². The summed E-state index contributed by atoms with van der Waals surface area (Å²) in [4.78, 5) is 10.5. The molecule has 0 radical (unpaired) electrons. The number of benzene rings is 1. The molecule has 0 fully saturated rings. The van der Waals surface area contributed by atoms with Gasteiger partial charge in [0.15, 0.2) is 0 Å². The van der Waals surface area contributed by atoms with E-state index in [9.17, 15) is 4.79 Å². The van der Waals surface area contributed by atoms with E-state index in [0.717, 1.165) is 5.56 Å². The molecule has 0 saturated heterocycles. The quantitative estimate of drug-likeness (QED) is 0.847. The van der Waals surface area contributed by atoms with Crippen LogP contribution in [0.2, 0.25) is 0 Å². The van der Waals surface area contributed by atoms with E-state index in [1.54, 1.807) is 18.2 Å². The van der Waals surface area contributed by atoms with E-state index in [1.165, 1.54) is 7.11 Å². The van der Waals surface area contributed by atoms with Gasteiger partial charge in [0, 0.05) is 0 Å². The first-order valence-electron chi connectivity index (χ1n) is 4.59. The number of carbonyl (C=O) groups is 1. The first-order chi connectivity index (χ1) is 7.58. The van der Waals surface area contributed by atoms with Gasteiger partial charge in [-0.2, -0.15) is 5.26 Å². The average Bonchev–Trinajstić information content (AvgIpc) is 2.29. The smallest absolute Gasteiger partial charge is 0.231 e. The Hall–Kier alpha value is -1.54. The van der Waals surface area contributed by atoms with Crippen LogP contribution >= 0.6 is 15.9 Å². The third kappa shape index (κ3) is 2.97. The lowest BCUT2D eigenvalue weighted by Crippen LogP contribution is -2.25. The zero-order valence-electron chi connectivity index (χ0n) is 8.74. The Bertz CT molecular complexity index is 440. The number of amides is 1. The predicted octanol–water partition coefficient (Wildman–Crippen LogP) is 1.36. The first-order valence-corrected chi connectivity index (χ1v) is 5.50. The molecule has 1 aromatic carbocycles. The second-order valence-electron chi connectivity index (χ2n) is 3.21. The summed E-state index contributed by atoms with van der Waals surface area (Å²) in [5.74, 6) is 0.163. The van der Waals surface area contributed by atoms with Crippen molar-refractivity contribution in [3.63, 3.8) is 0 Å². The number of ether oxygens (including phenoxy) is 1. The summed E-state index contributed by atoms with van der Waals surface area (Å²) < 4.78 is 5.14. The number of alkyl halides is 1. The summed E-state index contributed by atoms with van der Waals surface area (Å²) in [6.07, 6.45) is 0.435. The van der Waals surface area contributed by atoms with Gasteiger partial charge in [-0.1, -0.05) is 22.0 Å². The van der Waals surface area contributed by atoms with Crippen LogP contribution in [-0.4, -0.2) is 17.8 Å². The minimum absolute atomic E-state index is 0.425. The standard InChI is InChI=1S/C11H11BrN2O2/c1-16-10-4-7(6-13)2-3-8(10)5-9(12)11(14)15/h2-4,9H,5H2,1H3,(H2,14,15). The van der Waals surface area contributed by atoms with Gasteiger partial charge in [-0.15, -0.1) is 0 Å². The molecule has 1 rings (SSSR count). The van der Waals surface area contributed by atoms with Crippen LogP contribution in [0.15, 0.2) is 18.2 Å². The van der Waals surface area contributed by atoms with Crippen LogP contribution in [-0.2, 0) is 11.2 Å². The molecule has 1 unspecified atom stereocenters. The number of carbonyl (C=O) groups excluding carboxylic acids is 1. The van der Waals surface area contributed by atoms with Crippen molar-refractivity contribution in [2.75, 3.05) is 7.11 Å². The third-order valence-electron chi connectivity index (χ3n) is 2.12. The predicted molar refractivity (Wildman–Crippen MR) is 63.3 cm³/mol. The van der Waals surface area contributed by atoms with E-state index >= 15 is 0 Å². The zero-order valence-corrected chi connectivity index (χ0v) is 10.3. The van der Waals surface area contributed by atoms with Crippen LogP contribution < -0.4 is 10.5 Å². The van der Waals surface area contributed by atoms with E-state index < -0.39 is 10.7 Å². The highest BCUT2D eigenvalue weighted by atomic mass is 79.9. The van der Waals surface area contributed by atoms with Gasteiger partial charge < -0.3 is 10.5 Å². The Morgan fingerprint density at radius 1 is 1.69 bits per heavy atom. The molecule has 0 heterocycles. The van der Waals surface area contributed by atoms with Crippen molar-refractivity contribution in [1.82, 2.24) is 0 Å². The molecule has 0 bridgehead atoms. The number of nitrogens with zero attached hydrogens (tertiary/aromatic N) is 1. The number of primary amides is 1.